The van der Waals surface area contributed by atoms with Crippen LogP contribution in [0.2, 0.25) is 5.02 Å². The maximum atomic E-state index is 12.1. The lowest BCUT2D eigenvalue weighted by molar-refractivity contribution is -0.155. The van der Waals surface area contributed by atoms with Crippen LogP contribution in [0, 0.1) is 0 Å². The summed E-state index contributed by atoms with van der Waals surface area (Å²) in [6.07, 6.45) is 5.21. The van der Waals surface area contributed by atoms with Crippen molar-refractivity contribution in [1.82, 2.24) is 10.6 Å². The summed E-state index contributed by atoms with van der Waals surface area (Å²) in [5.41, 5.74) is 0.509. The third-order valence-corrected chi connectivity index (χ3v) is 4.83. The molecular weight excluding hydrogens is 368 g/mol. The minimum atomic E-state index is -0.803. The summed E-state index contributed by atoms with van der Waals surface area (Å²) in [6, 6.07) is 6.76. The van der Waals surface area contributed by atoms with Crippen molar-refractivity contribution in [3.05, 3.63) is 34.9 Å². The van der Waals surface area contributed by atoms with Gasteiger partial charge in [0.15, 0.2) is 6.10 Å². The van der Waals surface area contributed by atoms with Gasteiger partial charge in [-0.15, -0.1) is 0 Å². The van der Waals surface area contributed by atoms with Crippen LogP contribution in [0.1, 0.15) is 62.2 Å². The van der Waals surface area contributed by atoms with Gasteiger partial charge in [0.25, 0.3) is 11.8 Å². The quantitative estimate of drug-likeness (QED) is 0.523. The van der Waals surface area contributed by atoms with Gasteiger partial charge in [-0.3, -0.25) is 14.4 Å². The highest BCUT2D eigenvalue weighted by Gasteiger charge is 2.22. The SMILES string of the molecule is CC(OC(=O)CCCNC(=O)c1ccc(Cl)cc1)C(=O)NC1CCCCC1. The van der Waals surface area contributed by atoms with Crippen LogP contribution in [-0.2, 0) is 14.3 Å². The van der Waals surface area contributed by atoms with E-state index in [0.29, 0.717) is 23.6 Å². The van der Waals surface area contributed by atoms with Crippen molar-refractivity contribution in [2.24, 2.45) is 0 Å². The van der Waals surface area contributed by atoms with Crippen molar-refractivity contribution in [3.63, 3.8) is 0 Å². The molecule has 1 unspecified atom stereocenters. The average Bonchev–Trinajstić information content (AvgIpc) is 2.66. The fraction of sp³-hybridized carbons (Fsp3) is 0.550. The van der Waals surface area contributed by atoms with Crippen LogP contribution in [0.25, 0.3) is 0 Å². The first-order valence-electron chi connectivity index (χ1n) is 9.49. The molecule has 1 aromatic carbocycles. The van der Waals surface area contributed by atoms with Gasteiger partial charge in [-0.25, -0.2) is 0 Å². The van der Waals surface area contributed by atoms with Crippen LogP contribution in [0.5, 0.6) is 0 Å². The minimum Gasteiger partial charge on any atom is -0.453 e. The molecule has 0 spiro atoms. The van der Waals surface area contributed by atoms with Crippen molar-refractivity contribution in [2.45, 2.75) is 64.0 Å². The number of ether oxygens (including phenoxy) is 1. The lowest BCUT2D eigenvalue weighted by Gasteiger charge is -2.24. The average molecular weight is 395 g/mol. The van der Waals surface area contributed by atoms with E-state index in [9.17, 15) is 14.4 Å². The van der Waals surface area contributed by atoms with E-state index in [-0.39, 0.29) is 24.3 Å². The standard InChI is InChI=1S/C20H27ClN2O4/c1-14(19(25)23-17-6-3-2-4-7-17)27-18(24)8-5-13-22-20(26)15-9-11-16(21)12-10-15/h9-12,14,17H,2-8,13H2,1H3,(H,22,26)(H,23,25). The third-order valence-electron chi connectivity index (χ3n) is 4.58. The monoisotopic (exact) mass is 394 g/mol. The van der Waals surface area contributed by atoms with Crippen molar-refractivity contribution < 1.29 is 19.1 Å². The summed E-state index contributed by atoms with van der Waals surface area (Å²) in [6.45, 7) is 1.93. The zero-order chi connectivity index (χ0) is 19.6. The van der Waals surface area contributed by atoms with Crippen molar-refractivity contribution in [2.75, 3.05) is 6.54 Å². The lowest BCUT2D eigenvalue weighted by Crippen LogP contribution is -2.42. The lowest BCUT2D eigenvalue weighted by atomic mass is 9.95. The Labute approximate surface area is 165 Å². The second kappa shape index (κ2) is 10.9. The smallest absolute Gasteiger partial charge is 0.306 e. The van der Waals surface area contributed by atoms with E-state index in [1.165, 1.54) is 6.42 Å². The first-order valence-corrected chi connectivity index (χ1v) is 9.87. The summed E-state index contributed by atoms with van der Waals surface area (Å²) in [5, 5.41) is 6.25. The molecular formula is C20H27ClN2O4. The van der Waals surface area contributed by atoms with Gasteiger partial charge >= 0.3 is 5.97 Å². The number of hydrogen-bond acceptors (Lipinski definition) is 4. The van der Waals surface area contributed by atoms with Crippen LogP contribution in [0.15, 0.2) is 24.3 Å². The number of benzene rings is 1. The first-order chi connectivity index (χ1) is 13.0. The molecule has 1 aromatic rings. The summed E-state index contributed by atoms with van der Waals surface area (Å²) in [4.78, 5) is 35.9. The number of halogens is 1. The topological polar surface area (TPSA) is 84.5 Å². The van der Waals surface area contributed by atoms with Gasteiger partial charge in [-0.05, 0) is 50.5 Å². The van der Waals surface area contributed by atoms with Gasteiger partial charge in [0.2, 0.25) is 0 Å². The Morgan fingerprint density at radius 3 is 2.48 bits per heavy atom. The van der Waals surface area contributed by atoms with Gasteiger partial charge in [-0.2, -0.15) is 0 Å². The minimum absolute atomic E-state index is 0.141. The molecule has 0 heterocycles. The van der Waals surface area contributed by atoms with E-state index in [2.05, 4.69) is 10.6 Å². The third kappa shape index (κ3) is 7.59. The molecule has 1 atom stereocenters. The predicted molar refractivity (Wildman–Crippen MR) is 104 cm³/mol. The fourth-order valence-corrected chi connectivity index (χ4v) is 3.14. The summed E-state index contributed by atoms with van der Waals surface area (Å²) < 4.78 is 5.18. The number of carbonyl (C=O) groups is 3. The van der Waals surface area contributed by atoms with E-state index in [1.54, 1.807) is 31.2 Å². The molecule has 148 valence electrons. The Morgan fingerprint density at radius 1 is 1.15 bits per heavy atom. The molecule has 1 aliphatic rings. The molecule has 0 bridgehead atoms. The highest BCUT2D eigenvalue weighted by Crippen LogP contribution is 2.17. The van der Waals surface area contributed by atoms with Gasteiger partial charge in [-0.1, -0.05) is 30.9 Å². The molecule has 1 fully saturated rings. The Bertz CT molecular complexity index is 642. The Kier molecular flexibility index (Phi) is 8.58. The second-order valence-corrected chi connectivity index (χ2v) is 7.28. The number of carbonyl (C=O) groups excluding carboxylic acids is 3. The summed E-state index contributed by atoms with van der Waals surface area (Å²) in [5.74, 6) is -0.909. The summed E-state index contributed by atoms with van der Waals surface area (Å²) >= 11 is 5.78. The van der Waals surface area contributed by atoms with Crippen LogP contribution < -0.4 is 10.6 Å². The van der Waals surface area contributed by atoms with Crippen molar-refractivity contribution in [1.29, 1.82) is 0 Å². The van der Waals surface area contributed by atoms with Gasteiger partial charge in [0.1, 0.15) is 0 Å². The Balaban J connectivity index is 1.61. The normalized spacial score (nSPS) is 15.6. The number of esters is 1. The first kappa shape index (κ1) is 21.2. The van der Waals surface area contributed by atoms with Crippen LogP contribution in [-0.4, -0.2) is 36.5 Å². The van der Waals surface area contributed by atoms with Crippen LogP contribution >= 0.6 is 11.6 Å². The molecule has 0 saturated heterocycles. The zero-order valence-corrected chi connectivity index (χ0v) is 16.4. The van der Waals surface area contributed by atoms with Crippen molar-refractivity contribution >= 4 is 29.4 Å². The Morgan fingerprint density at radius 2 is 1.81 bits per heavy atom. The number of nitrogens with one attached hydrogen (secondary N) is 2. The zero-order valence-electron chi connectivity index (χ0n) is 15.6. The molecule has 2 amide bonds. The van der Waals surface area contributed by atoms with Crippen LogP contribution in [0.3, 0.4) is 0 Å². The number of rotatable bonds is 8. The van der Waals surface area contributed by atoms with E-state index in [0.717, 1.165) is 25.7 Å². The number of amides is 2. The van der Waals surface area contributed by atoms with Gasteiger partial charge in [0, 0.05) is 29.6 Å². The van der Waals surface area contributed by atoms with Crippen LogP contribution in [0.4, 0.5) is 0 Å². The highest BCUT2D eigenvalue weighted by molar-refractivity contribution is 6.30. The summed E-state index contributed by atoms with van der Waals surface area (Å²) in [7, 11) is 0. The maximum absolute atomic E-state index is 12.1. The molecule has 6 nitrogen and oxygen atoms in total. The second-order valence-electron chi connectivity index (χ2n) is 6.84. The van der Waals surface area contributed by atoms with Gasteiger partial charge < -0.3 is 15.4 Å². The van der Waals surface area contributed by atoms with E-state index in [1.807, 2.05) is 0 Å². The molecule has 0 radical (unpaired) electrons. The molecule has 0 aromatic heterocycles. The molecule has 2 N–H and O–H groups in total. The molecule has 27 heavy (non-hydrogen) atoms. The maximum Gasteiger partial charge on any atom is 0.306 e. The predicted octanol–water partition coefficient (Wildman–Crippen LogP) is 3.23. The van der Waals surface area contributed by atoms with E-state index < -0.39 is 12.1 Å². The fourth-order valence-electron chi connectivity index (χ4n) is 3.01. The highest BCUT2D eigenvalue weighted by atomic mass is 35.5. The molecule has 2 rings (SSSR count). The molecule has 1 aliphatic carbocycles. The molecule has 7 heteroatoms. The van der Waals surface area contributed by atoms with E-state index >= 15 is 0 Å². The van der Waals surface area contributed by atoms with Gasteiger partial charge in [0.05, 0.1) is 0 Å². The molecule has 0 aliphatic heterocycles. The van der Waals surface area contributed by atoms with Crippen molar-refractivity contribution in [3.8, 4) is 0 Å². The Hall–Kier alpha value is -2.08. The molecule has 1 saturated carbocycles. The van der Waals surface area contributed by atoms with E-state index in [4.69, 9.17) is 16.3 Å². The largest absolute Gasteiger partial charge is 0.453 e. The number of hydrogen-bond donors (Lipinski definition) is 2.